The number of hydrogen-bond acceptors (Lipinski definition) is 3. The van der Waals surface area contributed by atoms with E-state index in [1.165, 1.54) is 7.11 Å². The summed E-state index contributed by atoms with van der Waals surface area (Å²) in [7, 11) is 1.44. The molecule has 0 atom stereocenters. The van der Waals surface area contributed by atoms with Gasteiger partial charge in [-0.2, -0.15) is 0 Å². The number of aromatic nitrogens is 1. The zero-order valence-corrected chi connectivity index (χ0v) is 13.3. The van der Waals surface area contributed by atoms with Gasteiger partial charge in [-0.1, -0.05) is 17.7 Å². The van der Waals surface area contributed by atoms with E-state index in [1.54, 1.807) is 28.8 Å². The van der Waals surface area contributed by atoms with Gasteiger partial charge in [-0.3, -0.25) is 9.59 Å². The third kappa shape index (κ3) is 2.43. The molecule has 0 saturated heterocycles. The average molecular weight is 332 g/mol. The Balaban J connectivity index is 2.64. The number of aryl methyl sites for hydroxylation is 1. The van der Waals surface area contributed by atoms with Crippen LogP contribution in [0.1, 0.15) is 5.56 Å². The fourth-order valence-corrected chi connectivity index (χ4v) is 3.04. The number of nitrogens with zero attached hydrogens (tertiary/aromatic N) is 1. The van der Waals surface area contributed by atoms with Gasteiger partial charge in [0, 0.05) is 5.39 Å². The van der Waals surface area contributed by atoms with E-state index in [2.05, 4.69) is 0 Å². The summed E-state index contributed by atoms with van der Waals surface area (Å²) in [6.45, 7) is 1.59. The van der Waals surface area contributed by atoms with Crippen LogP contribution < -0.4 is 10.2 Å². The first-order valence-electron chi connectivity index (χ1n) is 6.95. The highest BCUT2D eigenvalue weighted by molar-refractivity contribution is 6.33. The van der Waals surface area contributed by atoms with Crippen LogP contribution in [-0.2, 0) is 11.3 Å². The number of pyridine rings is 1. The Labute approximate surface area is 136 Å². The van der Waals surface area contributed by atoms with Crippen LogP contribution in [0.4, 0.5) is 0 Å². The molecule has 1 aromatic heterocycles. The molecule has 118 valence electrons. The first kappa shape index (κ1) is 15.4. The van der Waals surface area contributed by atoms with Gasteiger partial charge in [0.15, 0.2) is 11.2 Å². The lowest BCUT2D eigenvalue weighted by Crippen LogP contribution is -2.16. The van der Waals surface area contributed by atoms with Crippen LogP contribution in [0.3, 0.4) is 0 Å². The van der Waals surface area contributed by atoms with Crippen molar-refractivity contribution < 1.29 is 14.6 Å². The molecule has 1 N–H and O–H groups in total. The van der Waals surface area contributed by atoms with Gasteiger partial charge in [-0.25, -0.2) is 0 Å². The number of carboxylic acid groups (broad SMARTS) is 1. The first-order chi connectivity index (χ1) is 10.9. The minimum absolute atomic E-state index is 0.174. The molecule has 0 amide bonds. The fourth-order valence-electron chi connectivity index (χ4n) is 2.81. The molecule has 0 aliphatic carbocycles. The van der Waals surface area contributed by atoms with Crippen LogP contribution in [0.5, 0.6) is 5.75 Å². The van der Waals surface area contributed by atoms with Crippen molar-refractivity contribution in [3.8, 4) is 5.75 Å². The summed E-state index contributed by atoms with van der Waals surface area (Å²) in [6, 6.07) is 8.51. The van der Waals surface area contributed by atoms with Gasteiger partial charge in [0.1, 0.15) is 6.54 Å². The molecule has 6 heteroatoms. The van der Waals surface area contributed by atoms with E-state index >= 15 is 0 Å². The zero-order valence-electron chi connectivity index (χ0n) is 12.6. The van der Waals surface area contributed by atoms with Crippen LogP contribution in [-0.4, -0.2) is 22.8 Å². The fraction of sp³-hybridized carbons (Fsp3) is 0.176. The summed E-state index contributed by atoms with van der Waals surface area (Å²) in [5, 5.41) is 10.5. The lowest BCUT2D eigenvalue weighted by molar-refractivity contribution is -0.137. The Morgan fingerprint density at radius 1 is 1.26 bits per heavy atom. The number of carboxylic acids is 1. The Kier molecular flexibility index (Phi) is 3.74. The smallest absolute Gasteiger partial charge is 0.323 e. The molecule has 0 unspecified atom stereocenters. The topological polar surface area (TPSA) is 68.5 Å². The quantitative estimate of drug-likeness (QED) is 0.748. The van der Waals surface area contributed by atoms with Gasteiger partial charge >= 0.3 is 5.97 Å². The van der Waals surface area contributed by atoms with Gasteiger partial charge in [0.05, 0.1) is 28.6 Å². The summed E-state index contributed by atoms with van der Waals surface area (Å²) >= 11 is 6.16. The van der Waals surface area contributed by atoms with Gasteiger partial charge in [-0.15, -0.1) is 0 Å². The molecular formula is C17H14ClNO4. The molecule has 3 aromatic rings. The Hall–Kier alpha value is -2.53. The van der Waals surface area contributed by atoms with Crippen molar-refractivity contribution in [1.29, 1.82) is 0 Å². The van der Waals surface area contributed by atoms with Crippen molar-refractivity contribution in [1.82, 2.24) is 4.57 Å². The first-order valence-corrected chi connectivity index (χ1v) is 7.33. The minimum atomic E-state index is -1.01. The standard InChI is InChI=1S/C17H14ClNO4/c1-9-3-4-10-13(7-9)19(8-14(20)21)15-11(16(10)22)5-6-12(18)17(15)23-2/h3-7H,8H2,1-2H3,(H,20,21). The van der Waals surface area contributed by atoms with Gasteiger partial charge in [0.25, 0.3) is 0 Å². The third-order valence-corrected chi connectivity index (χ3v) is 4.08. The number of fused-ring (bicyclic) bond motifs is 2. The molecule has 0 saturated carbocycles. The number of aliphatic carboxylic acids is 1. The molecule has 0 bridgehead atoms. The van der Waals surface area contributed by atoms with Crippen LogP contribution in [0.2, 0.25) is 5.02 Å². The number of benzene rings is 2. The van der Waals surface area contributed by atoms with Gasteiger partial charge < -0.3 is 14.4 Å². The normalized spacial score (nSPS) is 11.1. The second-order valence-electron chi connectivity index (χ2n) is 5.31. The van der Waals surface area contributed by atoms with Gasteiger partial charge in [-0.05, 0) is 36.8 Å². The summed E-state index contributed by atoms with van der Waals surface area (Å²) < 4.78 is 6.89. The van der Waals surface area contributed by atoms with Crippen LogP contribution in [0.25, 0.3) is 21.8 Å². The Bertz CT molecular complexity index is 1010. The molecule has 1 heterocycles. The van der Waals surface area contributed by atoms with Crippen molar-refractivity contribution in [2.45, 2.75) is 13.5 Å². The van der Waals surface area contributed by atoms with E-state index < -0.39 is 5.97 Å². The number of rotatable bonds is 3. The van der Waals surface area contributed by atoms with Crippen molar-refractivity contribution in [2.24, 2.45) is 0 Å². The van der Waals surface area contributed by atoms with Crippen LogP contribution in [0, 0.1) is 6.92 Å². The molecule has 0 aliphatic heterocycles. The van der Waals surface area contributed by atoms with E-state index in [0.717, 1.165) is 5.56 Å². The van der Waals surface area contributed by atoms with Crippen molar-refractivity contribution in [2.75, 3.05) is 7.11 Å². The van der Waals surface area contributed by atoms with E-state index in [1.807, 2.05) is 13.0 Å². The summed E-state index contributed by atoms with van der Waals surface area (Å²) in [4.78, 5) is 24.1. The zero-order chi connectivity index (χ0) is 16.7. The largest absolute Gasteiger partial charge is 0.493 e. The maximum Gasteiger partial charge on any atom is 0.323 e. The monoisotopic (exact) mass is 331 g/mol. The Morgan fingerprint density at radius 3 is 2.61 bits per heavy atom. The van der Waals surface area contributed by atoms with Crippen molar-refractivity contribution >= 4 is 39.4 Å². The number of hydrogen-bond donors (Lipinski definition) is 1. The highest BCUT2D eigenvalue weighted by Gasteiger charge is 2.18. The molecule has 0 aliphatic rings. The summed E-state index contributed by atoms with van der Waals surface area (Å²) in [5.41, 5.74) is 1.69. The Morgan fingerprint density at radius 2 is 1.96 bits per heavy atom. The number of carbonyl (C=O) groups is 1. The molecule has 5 nitrogen and oxygen atoms in total. The highest BCUT2D eigenvalue weighted by Crippen LogP contribution is 2.34. The molecule has 0 radical (unpaired) electrons. The van der Waals surface area contributed by atoms with E-state index in [0.29, 0.717) is 32.6 Å². The number of halogens is 1. The minimum Gasteiger partial charge on any atom is -0.493 e. The van der Waals surface area contributed by atoms with Crippen LogP contribution in [0.15, 0.2) is 35.1 Å². The molecule has 2 aromatic carbocycles. The van der Waals surface area contributed by atoms with E-state index in [4.69, 9.17) is 16.3 Å². The van der Waals surface area contributed by atoms with E-state index in [9.17, 15) is 14.7 Å². The molecule has 23 heavy (non-hydrogen) atoms. The van der Waals surface area contributed by atoms with E-state index in [-0.39, 0.29) is 12.0 Å². The summed E-state index contributed by atoms with van der Waals surface area (Å²) in [5.74, 6) is -0.717. The molecule has 3 rings (SSSR count). The predicted molar refractivity (Wildman–Crippen MR) is 89.6 cm³/mol. The predicted octanol–water partition coefficient (Wildman–Crippen LogP) is 3.21. The maximum atomic E-state index is 12.8. The lowest BCUT2D eigenvalue weighted by atomic mass is 10.1. The number of methoxy groups -OCH3 is 1. The highest BCUT2D eigenvalue weighted by atomic mass is 35.5. The average Bonchev–Trinajstić information content (AvgIpc) is 2.50. The number of ether oxygens (including phenoxy) is 1. The SMILES string of the molecule is COc1c(Cl)ccc2c(=O)c3ccc(C)cc3n(CC(=O)O)c12. The second kappa shape index (κ2) is 5.59. The second-order valence-corrected chi connectivity index (χ2v) is 5.71. The van der Waals surface area contributed by atoms with Crippen molar-refractivity contribution in [3.63, 3.8) is 0 Å². The molecule has 0 spiro atoms. The van der Waals surface area contributed by atoms with Crippen molar-refractivity contribution in [3.05, 3.63) is 51.1 Å². The third-order valence-electron chi connectivity index (χ3n) is 3.78. The van der Waals surface area contributed by atoms with Gasteiger partial charge in [0.2, 0.25) is 0 Å². The lowest BCUT2D eigenvalue weighted by Gasteiger charge is -2.17. The van der Waals surface area contributed by atoms with Crippen LogP contribution >= 0.6 is 11.6 Å². The maximum absolute atomic E-state index is 12.8. The molecule has 0 fully saturated rings. The summed E-state index contributed by atoms with van der Waals surface area (Å²) in [6.07, 6.45) is 0. The molecular weight excluding hydrogens is 318 g/mol.